The van der Waals surface area contributed by atoms with Crippen LogP contribution < -0.4 is 4.74 Å². The van der Waals surface area contributed by atoms with Crippen LogP contribution in [0.25, 0.3) is 0 Å². The number of benzene rings is 2. The van der Waals surface area contributed by atoms with Crippen molar-refractivity contribution < 1.29 is 14.6 Å². The molecule has 2 aromatic rings. The van der Waals surface area contributed by atoms with Crippen molar-refractivity contribution in [1.29, 1.82) is 0 Å². The van der Waals surface area contributed by atoms with Crippen molar-refractivity contribution in [2.45, 2.75) is 70.8 Å². The zero-order chi connectivity index (χ0) is 21.3. The fourth-order valence-corrected chi connectivity index (χ4v) is 4.55. The van der Waals surface area contributed by atoms with Crippen LogP contribution in [0.5, 0.6) is 11.5 Å². The van der Waals surface area contributed by atoms with Gasteiger partial charge < -0.3 is 9.84 Å². The molecule has 0 aromatic heterocycles. The molecule has 1 aliphatic heterocycles. The summed E-state index contributed by atoms with van der Waals surface area (Å²) in [6, 6.07) is 13.5. The fourth-order valence-electron chi connectivity index (χ4n) is 4.55. The molecule has 158 valence electrons. The van der Waals surface area contributed by atoms with Gasteiger partial charge in [0.15, 0.2) is 6.04 Å². The van der Waals surface area contributed by atoms with Gasteiger partial charge in [0, 0.05) is 12.1 Å². The molecule has 1 unspecified atom stereocenters. The third-order valence-electron chi connectivity index (χ3n) is 6.31. The summed E-state index contributed by atoms with van der Waals surface area (Å²) in [4.78, 5) is 16.3. The second kappa shape index (κ2) is 8.25. The summed E-state index contributed by atoms with van der Waals surface area (Å²) >= 11 is 0. The minimum atomic E-state index is -0.853. The van der Waals surface area contributed by atoms with Gasteiger partial charge in [0.25, 0.3) is 0 Å². The van der Waals surface area contributed by atoms with Crippen molar-refractivity contribution >= 4 is 11.7 Å². The van der Waals surface area contributed by atoms with Gasteiger partial charge in [0.05, 0.1) is 0 Å². The monoisotopic (exact) mass is 405 g/mol. The lowest BCUT2D eigenvalue weighted by Crippen LogP contribution is -2.28. The molecule has 1 aliphatic carbocycles. The summed E-state index contributed by atoms with van der Waals surface area (Å²) in [6.45, 7) is 6.57. The molecular weight excluding hydrogens is 374 g/mol. The zero-order valence-electron chi connectivity index (χ0n) is 18.1. The molecule has 4 heteroatoms. The van der Waals surface area contributed by atoms with Gasteiger partial charge in [-0.15, -0.1) is 0 Å². The van der Waals surface area contributed by atoms with E-state index in [0.29, 0.717) is 12.3 Å². The third-order valence-corrected chi connectivity index (χ3v) is 6.31. The molecular formula is C26H31NO3. The summed E-state index contributed by atoms with van der Waals surface area (Å²) in [5.41, 5.74) is 4.43. The minimum absolute atomic E-state index is 0.102. The van der Waals surface area contributed by atoms with E-state index in [4.69, 9.17) is 4.74 Å². The van der Waals surface area contributed by atoms with E-state index in [-0.39, 0.29) is 5.41 Å². The van der Waals surface area contributed by atoms with Gasteiger partial charge in [-0.05, 0) is 64.8 Å². The maximum Gasteiger partial charge on any atom is 0.328 e. The number of carbonyl (C=O) groups is 1. The Morgan fingerprint density at radius 3 is 2.37 bits per heavy atom. The Hall–Kier alpha value is -2.62. The highest BCUT2D eigenvalue weighted by Gasteiger charge is 2.28. The maximum atomic E-state index is 11.7. The maximum absolute atomic E-state index is 11.7. The van der Waals surface area contributed by atoms with Crippen LogP contribution in [0.2, 0.25) is 0 Å². The predicted molar refractivity (Wildman–Crippen MR) is 120 cm³/mol. The van der Waals surface area contributed by atoms with Gasteiger partial charge in [0.2, 0.25) is 0 Å². The van der Waals surface area contributed by atoms with Gasteiger partial charge in [-0.25, -0.2) is 4.79 Å². The smallest absolute Gasteiger partial charge is 0.328 e. The van der Waals surface area contributed by atoms with E-state index in [1.165, 1.54) is 31.2 Å². The number of aliphatic imine (C=N–C) groups is 1. The normalized spacial score (nSPS) is 19.3. The van der Waals surface area contributed by atoms with Crippen LogP contribution in [-0.2, 0) is 16.6 Å². The average molecular weight is 406 g/mol. The van der Waals surface area contributed by atoms with E-state index in [1.54, 1.807) is 0 Å². The fraction of sp³-hybridized carbons (Fsp3) is 0.462. The van der Waals surface area contributed by atoms with Crippen LogP contribution in [0.3, 0.4) is 0 Å². The number of fused-ring (bicyclic) bond motifs is 1. The molecule has 4 nitrogen and oxygen atoms in total. The molecule has 2 aromatic carbocycles. The number of hydrogen-bond acceptors (Lipinski definition) is 3. The van der Waals surface area contributed by atoms with Gasteiger partial charge in [-0.2, -0.15) is 0 Å². The van der Waals surface area contributed by atoms with Crippen LogP contribution in [0.15, 0.2) is 47.5 Å². The lowest BCUT2D eigenvalue weighted by Gasteiger charge is -2.24. The SMILES string of the molecule is CC(C)(C)c1ccc(Oc2ccc3c(c2)CC(C(=O)O)N=C3CC2CCCC2)cc1. The quantitative estimate of drug-likeness (QED) is 0.648. The average Bonchev–Trinajstić information content (AvgIpc) is 3.20. The minimum Gasteiger partial charge on any atom is -0.480 e. The molecule has 0 bridgehead atoms. The van der Waals surface area contributed by atoms with Gasteiger partial charge >= 0.3 is 5.97 Å². The first-order valence-electron chi connectivity index (χ1n) is 11.0. The number of carboxylic acids is 1. The lowest BCUT2D eigenvalue weighted by molar-refractivity contribution is -0.138. The summed E-state index contributed by atoms with van der Waals surface area (Å²) in [5, 5.41) is 9.60. The van der Waals surface area contributed by atoms with Crippen molar-refractivity contribution in [2.75, 3.05) is 0 Å². The highest BCUT2D eigenvalue weighted by Crippen LogP contribution is 2.34. The lowest BCUT2D eigenvalue weighted by atomic mass is 9.87. The standard InChI is InChI=1S/C26H31NO3/c1-26(2,3)19-8-10-20(11-9-19)30-21-12-13-22-18(15-21)16-24(25(28)29)27-23(22)14-17-6-4-5-7-17/h8-13,15,17,24H,4-7,14,16H2,1-3H3,(H,28,29). The van der Waals surface area contributed by atoms with E-state index < -0.39 is 12.0 Å². The molecule has 2 aliphatic rings. The van der Waals surface area contributed by atoms with Crippen molar-refractivity contribution in [3.63, 3.8) is 0 Å². The second-order valence-corrected chi connectivity index (χ2v) is 9.68. The number of rotatable bonds is 5. The Kier molecular flexibility index (Phi) is 5.68. The largest absolute Gasteiger partial charge is 0.480 e. The Labute approximate surface area is 179 Å². The Morgan fingerprint density at radius 1 is 1.07 bits per heavy atom. The Bertz CT molecular complexity index is 947. The van der Waals surface area contributed by atoms with Crippen molar-refractivity contribution in [2.24, 2.45) is 10.9 Å². The topological polar surface area (TPSA) is 58.9 Å². The predicted octanol–water partition coefficient (Wildman–Crippen LogP) is 6.16. The third kappa shape index (κ3) is 4.58. The molecule has 1 fully saturated rings. The number of nitrogens with zero attached hydrogens (tertiary/aromatic N) is 1. The first-order valence-corrected chi connectivity index (χ1v) is 11.0. The Morgan fingerprint density at radius 2 is 1.73 bits per heavy atom. The van der Waals surface area contributed by atoms with E-state index >= 15 is 0 Å². The van der Waals surface area contributed by atoms with E-state index in [2.05, 4.69) is 44.0 Å². The molecule has 1 N–H and O–H groups in total. The molecule has 0 amide bonds. The molecule has 0 spiro atoms. The van der Waals surface area contributed by atoms with E-state index in [0.717, 1.165) is 34.8 Å². The van der Waals surface area contributed by atoms with Crippen LogP contribution in [-0.4, -0.2) is 22.8 Å². The first-order chi connectivity index (χ1) is 14.3. The van der Waals surface area contributed by atoms with Crippen molar-refractivity contribution in [3.05, 3.63) is 59.2 Å². The molecule has 4 rings (SSSR count). The van der Waals surface area contributed by atoms with E-state index in [1.807, 2.05) is 24.3 Å². The molecule has 0 saturated heterocycles. The van der Waals surface area contributed by atoms with Crippen LogP contribution in [0.4, 0.5) is 0 Å². The summed E-state index contributed by atoms with van der Waals surface area (Å²) in [5.74, 6) is 1.30. The Balaban J connectivity index is 1.56. The van der Waals surface area contributed by atoms with Gasteiger partial charge in [0.1, 0.15) is 11.5 Å². The van der Waals surface area contributed by atoms with Crippen molar-refractivity contribution in [3.8, 4) is 11.5 Å². The zero-order valence-corrected chi connectivity index (χ0v) is 18.1. The van der Waals surface area contributed by atoms with Crippen LogP contribution in [0.1, 0.15) is 69.6 Å². The second-order valence-electron chi connectivity index (χ2n) is 9.68. The number of ether oxygens (including phenoxy) is 1. The molecule has 0 radical (unpaired) electrons. The summed E-state index contributed by atoms with van der Waals surface area (Å²) in [7, 11) is 0. The summed E-state index contributed by atoms with van der Waals surface area (Å²) in [6.07, 6.45) is 6.28. The molecule has 1 saturated carbocycles. The van der Waals surface area contributed by atoms with Gasteiger partial charge in [-0.3, -0.25) is 4.99 Å². The number of hydrogen-bond donors (Lipinski definition) is 1. The van der Waals surface area contributed by atoms with Crippen LogP contribution >= 0.6 is 0 Å². The van der Waals surface area contributed by atoms with E-state index in [9.17, 15) is 9.90 Å². The number of carboxylic acid groups (broad SMARTS) is 1. The highest BCUT2D eigenvalue weighted by atomic mass is 16.5. The number of aliphatic carboxylic acids is 1. The first kappa shape index (κ1) is 20.6. The highest BCUT2D eigenvalue weighted by molar-refractivity contribution is 6.04. The summed E-state index contributed by atoms with van der Waals surface area (Å²) < 4.78 is 6.09. The van der Waals surface area contributed by atoms with Crippen molar-refractivity contribution in [1.82, 2.24) is 0 Å². The molecule has 1 atom stereocenters. The van der Waals surface area contributed by atoms with Gasteiger partial charge in [-0.1, -0.05) is 58.6 Å². The van der Waals surface area contributed by atoms with Crippen LogP contribution in [0, 0.1) is 5.92 Å². The molecule has 30 heavy (non-hydrogen) atoms. The molecule has 1 heterocycles.